The van der Waals surface area contributed by atoms with E-state index in [-0.39, 0.29) is 12.7 Å². The van der Waals surface area contributed by atoms with Crippen molar-refractivity contribution in [3.63, 3.8) is 0 Å². The Bertz CT molecular complexity index is 1260. The molecule has 0 radical (unpaired) electrons. The normalized spacial score (nSPS) is 13.6. The van der Waals surface area contributed by atoms with Gasteiger partial charge in [0, 0.05) is 24.2 Å². The van der Waals surface area contributed by atoms with Crippen LogP contribution >= 0.6 is 11.3 Å². The molecule has 0 aliphatic carbocycles. The summed E-state index contributed by atoms with van der Waals surface area (Å²) in [4.78, 5) is 18.1. The van der Waals surface area contributed by atoms with E-state index in [9.17, 15) is 4.79 Å². The standard InChI is InChI=1S/C21H16N2O3S/c1-2-23-16-10-17-18(26-12-25-17)11-19(16)27-21(23)22-20(24)15-9-5-7-13-6-3-4-8-14(13)15/h3-11H,2,12H2,1H3. The highest BCUT2D eigenvalue weighted by Gasteiger charge is 2.18. The Balaban J connectivity index is 1.68. The highest BCUT2D eigenvalue weighted by Crippen LogP contribution is 2.37. The maximum absolute atomic E-state index is 13.0. The van der Waals surface area contributed by atoms with Gasteiger partial charge in [0.25, 0.3) is 5.91 Å². The van der Waals surface area contributed by atoms with Gasteiger partial charge in [0.1, 0.15) is 0 Å². The van der Waals surface area contributed by atoms with Crippen LogP contribution in [0.15, 0.2) is 59.6 Å². The van der Waals surface area contributed by atoms with Crippen LogP contribution in [0.3, 0.4) is 0 Å². The lowest BCUT2D eigenvalue weighted by Crippen LogP contribution is -2.16. The predicted octanol–water partition coefficient (Wildman–Crippen LogP) is 4.35. The number of thiazole rings is 1. The number of nitrogens with zero attached hydrogens (tertiary/aromatic N) is 2. The smallest absolute Gasteiger partial charge is 0.280 e. The van der Waals surface area contributed by atoms with Crippen LogP contribution in [0.2, 0.25) is 0 Å². The molecular weight excluding hydrogens is 360 g/mol. The van der Waals surface area contributed by atoms with Gasteiger partial charge in [0.15, 0.2) is 16.3 Å². The van der Waals surface area contributed by atoms with E-state index in [1.807, 2.05) is 66.1 Å². The highest BCUT2D eigenvalue weighted by atomic mass is 32.1. The van der Waals surface area contributed by atoms with Crippen molar-refractivity contribution in [2.45, 2.75) is 13.5 Å². The first kappa shape index (κ1) is 16.1. The predicted molar refractivity (Wildman–Crippen MR) is 105 cm³/mol. The lowest BCUT2D eigenvalue weighted by Gasteiger charge is -2.03. The molecule has 5 nitrogen and oxygen atoms in total. The fourth-order valence-corrected chi connectivity index (χ4v) is 4.51. The summed E-state index contributed by atoms with van der Waals surface area (Å²) < 4.78 is 14.0. The Kier molecular flexibility index (Phi) is 3.72. The molecule has 0 unspecified atom stereocenters. The minimum absolute atomic E-state index is 0.236. The SMILES string of the molecule is CCn1c(=NC(=O)c2cccc3ccccc23)sc2cc3c(cc21)OCO3. The molecule has 2 heterocycles. The third-order valence-electron chi connectivity index (χ3n) is 4.71. The third kappa shape index (κ3) is 2.61. The van der Waals surface area contributed by atoms with E-state index in [2.05, 4.69) is 4.99 Å². The second kappa shape index (κ2) is 6.25. The molecule has 0 fully saturated rings. The van der Waals surface area contributed by atoms with Crippen LogP contribution < -0.4 is 14.3 Å². The molecule has 1 aliphatic rings. The van der Waals surface area contributed by atoms with E-state index >= 15 is 0 Å². The van der Waals surface area contributed by atoms with Crippen LogP contribution in [0.1, 0.15) is 17.3 Å². The zero-order chi connectivity index (χ0) is 18.4. The Morgan fingerprint density at radius 1 is 1.11 bits per heavy atom. The quantitative estimate of drug-likeness (QED) is 0.523. The summed E-state index contributed by atoms with van der Waals surface area (Å²) >= 11 is 1.48. The lowest BCUT2D eigenvalue weighted by molar-refractivity contribution is 0.0999. The number of ether oxygens (including phenoxy) is 2. The Morgan fingerprint density at radius 2 is 1.89 bits per heavy atom. The van der Waals surface area contributed by atoms with Crippen LogP contribution in [0, 0.1) is 0 Å². The van der Waals surface area contributed by atoms with Crippen LogP contribution in [-0.4, -0.2) is 17.3 Å². The summed E-state index contributed by atoms with van der Waals surface area (Å²) in [5, 5.41) is 1.95. The molecular formula is C21H16N2O3S. The molecule has 0 saturated carbocycles. The van der Waals surface area contributed by atoms with Gasteiger partial charge in [-0.2, -0.15) is 4.99 Å². The first-order chi connectivity index (χ1) is 13.2. The first-order valence-corrected chi connectivity index (χ1v) is 9.56. The molecule has 3 aromatic carbocycles. The summed E-state index contributed by atoms with van der Waals surface area (Å²) in [7, 11) is 0. The maximum atomic E-state index is 13.0. The average Bonchev–Trinajstić information content (AvgIpc) is 3.28. The molecule has 0 N–H and O–H groups in total. The number of benzene rings is 3. The van der Waals surface area contributed by atoms with E-state index in [4.69, 9.17) is 9.47 Å². The van der Waals surface area contributed by atoms with Crippen molar-refractivity contribution < 1.29 is 14.3 Å². The fraction of sp³-hybridized carbons (Fsp3) is 0.143. The summed E-state index contributed by atoms with van der Waals surface area (Å²) in [6.07, 6.45) is 0. The number of aromatic nitrogens is 1. The molecule has 0 bridgehead atoms. The van der Waals surface area contributed by atoms with E-state index in [0.717, 1.165) is 32.5 Å². The van der Waals surface area contributed by atoms with E-state index in [1.165, 1.54) is 11.3 Å². The van der Waals surface area contributed by atoms with E-state index in [0.29, 0.717) is 16.9 Å². The number of rotatable bonds is 2. The molecule has 6 heteroatoms. The van der Waals surface area contributed by atoms with Crippen LogP contribution in [-0.2, 0) is 6.54 Å². The number of hydrogen-bond acceptors (Lipinski definition) is 4. The molecule has 4 aromatic rings. The molecule has 134 valence electrons. The number of aryl methyl sites for hydroxylation is 1. The highest BCUT2D eigenvalue weighted by molar-refractivity contribution is 7.16. The third-order valence-corrected chi connectivity index (χ3v) is 5.75. The number of hydrogen-bond donors (Lipinski definition) is 0. The van der Waals surface area contributed by atoms with Gasteiger partial charge in [-0.05, 0) is 23.8 Å². The van der Waals surface area contributed by atoms with Crippen molar-refractivity contribution in [1.82, 2.24) is 4.57 Å². The van der Waals surface area contributed by atoms with Crippen molar-refractivity contribution >= 4 is 38.2 Å². The van der Waals surface area contributed by atoms with Crippen LogP contribution in [0.25, 0.3) is 21.0 Å². The molecule has 5 rings (SSSR count). The van der Waals surface area contributed by atoms with Crippen molar-refractivity contribution in [3.05, 3.63) is 65.0 Å². The first-order valence-electron chi connectivity index (χ1n) is 8.74. The molecule has 0 atom stereocenters. The van der Waals surface area contributed by atoms with Crippen molar-refractivity contribution in [2.75, 3.05) is 6.79 Å². The second-order valence-corrected chi connectivity index (χ2v) is 7.25. The molecule has 1 amide bonds. The number of fused-ring (bicyclic) bond motifs is 3. The Morgan fingerprint density at radius 3 is 2.74 bits per heavy atom. The van der Waals surface area contributed by atoms with E-state index in [1.54, 1.807) is 0 Å². The average molecular weight is 376 g/mol. The summed E-state index contributed by atoms with van der Waals surface area (Å²) in [5.41, 5.74) is 1.61. The Hall–Kier alpha value is -3.12. The minimum atomic E-state index is -0.236. The minimum Gasteiger partial charge on any atom is -0.454 e. The van der Waals surface area contributed by atoms with Crippen molar-refractivity contribution in [2.24, 2.45) is 4.99 Å². The van der Waals surface area contributed by atoms with Gasteiger partial charge in [0.05, 0.1) is 10.2 Å². The van der Waals surface area contributed by atoms with Gasteiger partial charge in [-0.15, -0.1) is 0 Å². The molecule has 0 saturated heterocycles. The van der Waals surface area contributed by atoms with Gasteiger partial charge in [-0.3, -0.25) is 4.79 Å². The maximum Gasteiger partial charge on any atom is 0.280 e. The summed E-state index contributed by atoms with van der Waals surface area (Å²) in [6, 6.07) is 17.5. The van der Waals surface area contributed by atoms with E-state index < -0.39 is 0 Å². The Labute approximate surface area is 159 Å². The van der Waals surface area contributed by atoms with Crippen LogP contribution in [0.5, 0.6) is 11.5 Å². The van der Waals surface area contributed by atoms with Gasteiger partial charge < -0.3 is 14.0 Å². The molecule has 1 aromatic heterocycles. The number of carbonyl (C=O) groups excluding carboxylic acids is 1. The lowest BCUT2D eigenvalue weighted by atomic mass is 10.0. The molecule has 1 aliphatic heterocycles. The van der Waals surface area contributed by atoms with Gasteiger partial charge in [-0.1, -0.05) is 47.7 Å². The second-order valence-electron chi connectivity index (χ2n) is 6.25. The topological polar surface area (TPSA) is 52.8 Å². The fourth-order valence-electron chi connectivity index (χ4n) is 3.41. The van der Waals surface area contributed by atoms with Gasteiger partial charge >= 0.3 is 0 Å². The zero-order valence-corrected chi connectivity index (χ0v) is 15.5. The number of carbonyl (C=O) groups is 1. The summed E-state index contributed by atoms with van der Waals surface area (Å²) in [5.74, 6) is 1.23. The monoisotopic (exact) mass is 376 g/mol. The zero-order valence-electron chi connectivity index (χ0n) is 14.6. The largest absolute Gasteiger partial charge is 0.454 e. The van der Waals surface area contributed by atoms with Crippen LogP contribution in [0.4, 0.5) is 0 Å². The van der Waals surface area contributed by atoms with Gasteiger partial charge in [0.2, 0.25) is 6.79 Å². The van der Waals surface area contributed by atoms with Gasteiger partial charge in [-0.25, -0.2) is 0 Å². The molecule has 0 spiro atoms. The summed E-state index contributed by atoms with van der Waals surface area (Å²) in [6.45, 7) is 3.00. The number of amides is 1. The van der Waals surface area contributed by atoms with Crippen molar-refractivity contribution in [1.29, 1.82) is 0 Å². The molecule has 27 heavy (non-hydrogen) atoms. The van der Waals surface area contributed by atoms with Crippen molar-refractivity contribution in [3.8, 4) is 11.5 Å².